The van der Waals surface area contributed by atoms with Crippen molar-refractivity contribution in [1.29, 1.82) is 0 Å². The Morgan fingerprint density at radius 3 is 3.20 bits per heavy atom. The molecule has 0 aromatic carbocycles. The van der Waals surface area contributed by atoms with Crippen LogP contribution in [0.3, 0.4) is 0 Å². The van der Waals surface area contributed by atoms with Crippen LogP contribution < -0.4 is 0 Å². The van der Waals surface area contributed by atoms with Crippen molar-refractivity contribution in [1.82, 2.24) is 9.55 Å². The molecule has 2 unspecified atom stereocenters. The molecular formula is C15H16N2O2S. The number of rotatable bonds is 2. The van der Waals surface area contributed by atoms with Crippen LogP contribution in [0.2, 0.25) is 0 Å². The molecule has 3 atom stereocenters. The Kier molecular flexibility index (Phi) is 2.70. The third kappa shape index (κ3) is 1.66. The van der Waals surface area contributed by atoms with Crippen molar-refractivity contribution in [3.8, 4) is 11.3 Å². The van der Waals surface area contributed by atoms with Crippen LogP contribution in [0.4, 0.5) is 0 Å². The number of nitrogens with zero attached hydrogens (tertiary/aromatic N) is 2. The zero-order valence-electron chi connectivity index (χ0n) is 11.0. The number of thiophene rings is 1. The number of carbonyl (C=O) groups is 1. The summed E-state index contributed by atoms with van der Waals surface area (Å²) in [6.07, 6.45) is 7.56. The minimum atomic E-state index is -0.634. The van der Waals surface area contributed by atoms with Crippen molar-refractivity contribution in [2.24, 2.45) is 11.8 Å². The highest BCUT2D eigenvalue weighted by molar-refractivity contribution is 7.10. The fourth-order valence-corrected chi connectivity index (χ4v) is 4.90. The van der Waals surface area contributed by atoms with Crippen molar-refractivity contribution in [2.75, 3.05) is 0 Å². The zero-order valence-corrected chi connectivity index (χ0v) is 11.8. The number of hydrogen-bond donors (Lipinski definition) is 1. The molecule has 3 heterocycles. The maximum Gasteiger partial charge on any atom is 0.306 e. The molecule has 2 aromatic heterocycles. The Morgan fingerprint density at radius 2 is 2.35 bits per heavy atom. The van der Waals surface area contributed by atoms with Gasteiger partial charge in [0.2, 0.25) is 0 Å². The van der Waals surface area contributed by atoms with E-state index in [-0.39, 0.29) is 5.92 Å². The van der Waals surface area contributed by atoms with Crippen molar-refractivity contribution in [3.63, 3.8) is 0 Å². The van der Waals surface area contributed by atoms with Crippen molar-refractivity contribution in [2.45, 2.75) is 31.7 Å². The molecule has 20 heavy (non-hydrogen) atoms. The van der Waals surface area contributed by atoms with Crippen LogP contribution in [0.1, 0.15) is 36.6 Å². The topological polar surface area (TPSA) is 55.1 Å². The van der Waals surface area contributed by atoms with Gasteiger partial charge in [-0.05, 0) is 36.6 Å². The number of imidazole rings is 1. The monoisotopic (exact) mass is 288 g/mol. The second-order valence-electron chi connectivity index (χ2n) is 5.79. The maximum atomic E-state index is 11.3. The summed E-state index contributed by atoms with van der Waals surface area (Å²) in [6.45, 7) is 0. The number of carboxylic acid groups (broad SMARTS) is 1. The lowest BCUT2D eigenvalue weighted by Crippen LogP contribution is -2.27. The Morgan fingerprint density at radius 1 is 1.45 bits per heavy atom. The average molecular weight is 288 g/mol. The van der Waals surface area contributed by atoms with E-state index in [1.165, 1.54) is 16.1 Å². The largest absolute Gasteiger partial charge is 0.481 e. The molecule has 4 nitrogen and oxygen atoms in total. The molecule has 1 aliphatic heterocycles. The molecule has 0 radical (unpaired) electrons. The lowest BCUT2D eigenvalue weighted by atomic mass is 9.77. The van der Waals surface area contributed by atoms with Gasteiger partial charge in [-0.3, -0.25) is 4.79 Å². The number of fused-ring (bicyclic) bond motifs is 3. The Balaban J connectivity index is 1.71. The van der Waals surface area contributed by atoms with Crippen LogP contribution in [0.25, 0.3) is 11.3 Å². The predicted octanol–water partition coefficient (Wildman–Crippen LogP) is 3.41. The summed E-state index contributed by atoms with van der Waals surface area (Å²) < 4.78 is 2.25. The SMILES string of the molecule is O=C(O)[C@@H]1CCCC(C2c3sccc3-c3cncn32)C1. The van der Waals surface area contributed by atoms with Crippen molar-refractivity contribution < 1.29 is 9.90 Å². The maximum absolute atomic E-state index is 11.3. The molecule has 104 valence electrons. The molecule has 5 heteroatoms. The molecule has 2 aromatic rings. The lowest BCUT2D eigenvalue weighted by Gasteiger charge is -2.31. The van der Waals surface area contributed by atoms with Crippen LogP contribution in [-0.4, -0.2) is 20.6 Å². The Labute approximate surface area is 121 Å². The van der Waals surface area contributed by atoms with Crippen LogP contribution >= 0.6 is 11.3 Å². The Bertz CT molecular complexity index is 620. The third-order valence-corrected chi connectivity index (χ3v) is 5.70. The van der Waals surface area contributed by atoms with Gasteiger partial charge in [-0.15, -0.1) is 11.3 Å². The fourth-order valence-electron chi connectivity index (χ4n) is 3.80. The second kappa shape index (κ2) is 4.45. The average Bonchev–Trinajstić information content (AvgIpc) is 3.10. The molecule has 2 aliphatic rings. The van der Waals surface area contributed by atoms with E-state index in [1.807, 2.05) is 12.5 Å². The highest BCUT2D eigenvalue weighted by Gasteiger charge is 2.39. The Hall–Kier alpha value is -1.62. The predicted molar refractivity (Wildman–Crippen MR) is 76.8 cm³/mol. The number of aromatic nitrogens is 2. The van der Waals surface area contributed by atoms with Crippen LogP contribution in [-0.2, 0) is 4.79 Å². The zero-order chi connectivity index (χ0) is 13.7. The number of aliphatic carboxylic acids is 1. The molecular weight excluding hydrogens is 272 g/mol. The summed E-state index contributed by atoms with van der Waals surface area (Å²) in [4.78, 5) is 16.9. The molecule has 0 bridgehead atoms. The molecule has 0 saturated heterocycles. The highest BCUT2D eigenvalue weighted by Crippen LogP contribution is 2.49. The van der Waals surface area contributed by atoms with Crippen molar-refractivity contribution >= 4 is 17.3 Å². The molecule has 4 rings (SSSR count). The normalized spacial score (nSPS) is 28.1. The van der Waals surface area contributed by atoms with Gasteiger partial charge in [-0.2, -0.15) is 0 Å². The van der Waals surface area contributed by atoms with E-state index in [9.17, 15) is 9.90 Å². The molecule has 1 N–H and O–H groups in total. The molecule has 1 saturated carbocycles. The molecule has 0 amide bonds. The fraction of sp³-hybridized carbons (Fsp3) is 0.467. The first-order valence-electron chi connectivity index (χ1n) is 7.08. The van der Waals surface area contributed by atoms with Gasteiger partial charge in [0.15, 0.2) is 0 Å². The van der Waals surface area contributed by atoms with E-state index in [1.54, 1.807) is 11.3 Å². The van der Waals surface area contributed by atoms with E-state index in [4.69, 9.17) is 0 Å². The minimum Gasteiger partial charge on any atom is -0.481 e. The summed E-state index contributed by atoms with van der Waals surface area (Å²) in [5, 5.41) is 11.4. The standard InChI is InChI=1S/C15H16N2O2S/c18-15(19)10-3-1-2-9(6-10)13-14-11(4-5-20-14)12-7-16-8-17(12)13/h4-5,7-10,13H,1-3,6H2,(H,18,19)/t9?,10-,13?/m1/s1. The van der Waals surface area contributed by atoms with Crippen LogP contribution in [0, 0.1) is 11.8 Å². The van der Waals surface area contributed by atoms with Crippen LogP contribution in [0.15, 0.2) is 24.0 Å². The van der Waals surface area contributed by atoms with Gasteiger partial charge < -0.3 is 9.67 Å². The van der Waals surface area contributed by atoms with E-state index >= 15 is 0 Å². The van der Waals surface area contributed by atoms with Gasteiger partial charge in [0.05, 0.1) is 30.2 Å². The first-order valence-corrected chi connectivity index (χ1v) is 7.96. The smallest absolute Gasteiger partial charge is 0.306 e. The van der Waals surface area contributed by atoms with Crippen molar-refractivity contribution in [3.05, 3.63) is 28.8 Å². The van der Waals surface area contributed by atoms with E-state index < -0.39 is 5.97 Å². The summed E-state index contributed by atoms with van der Waals surface area (Å²) in [5.74, 6) is -0.396. The van der Waals surface area contributed by atoms with Crippen LogP contribution in [0.5, 0.6) is 0 Å². The highest BCUT2D eigenvalue weighted by atomic mass is 32.1. The summed E-state index contributed by atoms with van der Waals surface area (Å²) >= 11 is 1.79. The van der Waals surface area contributed by atoms with E-state index in [0.717, 1.165) is 25.7 Å². The van der Waals surface area contributed by atoms with Gasteiger partial charge in [0, 0.05) is 10.4 Å². The van der Waals surface area contributed by atoms with Gasteiger partial charge in [-0.25, -0.2) is 4.98 Å². The lowest BCUT2D eigenvalue weighted by molar-refractivity contribution is -0.143. The quantitative estimate of drug-likeness (QED) is 0.921. The molecule has 1 aliphatic carbocycles. The van der Waals surface area contributed by atoms with Gasteiger partial charge in [0.1, 0.15) is 0 Å². The summed E-state index contributed by atoms with van der Waals surface area (Å²) in [7, 11) is 0. The minimum absolute atomic E-state index is 0.176. The number of carboxylic acids is 1. The van der Waals surface area contributed by atoms with E-state index in [2.05, 4.69) is 21.0 Å². The van der Waals surface area contributed by atoms with Gasteiger partial charge >= 0.3 is 5.97 Å². The summed E-state index contributed by atoms with van der Waals surface area (Å²) in [6, 6.07) is 2.45. The molecule has 1 fully saturated rings. The van der Waals surface area contributed by atoms with Gasteiger partial charge in [-0.1, -0.05) is 6.42 Å². The first kappa shape index (κ1) is 12.1. The van der Waals surface area contributed by atoms with E-state index in [0.29, 0.717) is 12.0 Å². The third-order valence-electron chi connectivity index (χ3n) is 4.72. The molecule has 0 spiro atoms. The second-order valence-corrected chi connectivity index (χ2v) is 6.74. The van der Waals surface area contributed by atoms with Gasteiger partial charge in [0.25, 0.3) is 0 Å². The first-order chi connectivity index (χ1) is 9.75. The summed E-state index contributed by atoms with van der Waals surface area (Å²) in [5.41, 5.74) is 2.47. The number of hydrogen-bond acceptors (Lipinski definition) is 3.